The van der Waals surface area contributed by atoms with E-state index in [-0.39, 0.29) is 11.3 Å². The summed E-state index contributed by atoms with van der Waals surface area (Å²) >= 11 is 2.57. The number of benzene rings is 2. The Hall–Kier alpha value is -3.15. The average Bonchev–Trinajstić information content (AvgIpc) is 3.35. The van der Waals surface area contributed by atoms with E-state index in [1.807, 2.05) is 55.5 Å². The normalized spacial score (nSPS) is 13.1. The number of nitrogens with zero attached hydrogens (tertiary/aromatic N) is 4. The topological polar surface area (TPSA) is 95.8 Å². The van der Waals surface area contributed by atoms with Gasteiger partial charge in [-0.15, -0.1) is 21.5 Å². The fourth-order valence-electron chi connectivity index (χ4n) is 2.78. The first-order valence-electron chi connectivity index (χ1n) is 8.82. The summed E-state index contributed by atoms with van der Waals surface area (Å²) in [5, 5.41) is 28.8. The maximum atomic E-state index is 10.7. The van der Waals surface area contributed by atoms with Crippen LogP contribution in [0.5, 0.6) is 0 Å². The Morgan fingerprint density at radius 2 is 1.93 bits per heavy atom. The molecule has 0 aliphatic carbocycles. The number of nitriles is 1. The van der Waals surface area contributed by atoms with E-state index in [9.17, 15) is 10.4 Å². The Balaban J connectivity index is 1.59. The number of fused-ring (bicyclic) bond motifs is 1. The molecular weight excluding hydrogens is 404 g/mol. The standard InChI is InChI=1S/C21H16N4O2S2/c1-12-7-3-4-8-14(12)19-24-25-21(27-19)28-13(2)18(26)15(11-22)20-23-16-9-5-6-10-17(16)29-20/h3-10,13,26H,1-2H3/t13-/m1/s1. The number of thiazole rings is 1. The van der Waals surface area contributed by atoms with E-state index < -0.39 is 5.25 Å². The monoisotopic (exact) mass is 420 g/mol. The molecule has 0 unspecified atom stereocenters. The second-order valence-electron chi connectivity index (χ2n) is 6.31. The molecule has 2 aromatic heterocycles. The number of allylic oxidation sites excluding steroid dienone is 1. The number of aromatic nitrogens is 3. The zero-order valence-corrected chi connectivity index (χ0v) is 17.3. The van der Waals surface area contributed by atoms with E-state index in [0.29, 0.717) is 16.1 Å². The van der Waals surface area contributed by atoms with Gasteiger partial charge in [0, 0.05) is 5.56 Å². The Kier molecular flexibility index (Phi) is 5.34. The highest BCUT2D eigenvalue weighted by molar-refractivity contribution is 7.99. The minimum absolute atomic E-state index is 0.0628. The molecule has 0 radical (unpaired) electrons. The van der Waals surface area contributed by atoms with Gasteiger partial charge in [0.2, 0.25) is 5.89 Å². The number of para-hydroxylation sites is 1. The van der Waals surface area contributed by atoms with Crippen LogP contribution in [0.15, 0.2) is 63.9 Å². The van der Waals surface area contributed by atoms with Crippen LogP contribution in [-0.2, 0) is 0 Å². The van der Waals surface area contributed by atoms with Gasteiger partial charge < -0.3 is 9.52 Å². The Bertz CT molecular complexity index is 1220. The lowest BCUT2D eigenvalue weighted by Crippen LogP contribution is -2.04. The van der Waals surface area contributed by atoms with Crippen molar-refractivity contribution in [1.29, 1.82) is 5.26 Å². The van der Waals surface area contributed by atoms with Gasteiger partial charge in [-0.2, -0.15) is 5.26 Å². The molecule has 0 bridgehead atoms. The largest absolute Gasteiger partial charge is 0.510 e. The fourth-order valence-corrected chi connectivity index (χ4v) is 4.50. The van der Waals surface area contributed by atoms with Crippen LogP contribution >= 0.6 is 23.1 Å². The van der Waals surface area contributed by atoms with Gasteiger partial charge in [-0.1, -0.05) is 42.1 Å². The SMILES string of the molecule is Cc1ccccc1-c1nnc(S[C@H](C)C(O)=C(C#N)c2nc3ccccc3s2)o1. The van der Waals surface area contributed by atoms with Crippen molar-refractivity contribution in [2.24, 2.45) is 0 Å². The van der Waals surface area contributed by atoms with Gasteiger partial charge in [0.25, 0.3) is 5.22 Å². The number of rotatable bonds is 5. The number of hydrogen-bond acceptors (Lipinski definition) is 8. The second-order valence-corrected chi connectivity index (χ2v) is 8.63. The lowest BCUT2D eigenvalue weighted by Gasteiger charge is -2.08. The van der Waals surface area contributed by atoms with E-state index in [1.165, 1.54) is 23.1 Å². The average molecular weight is 421 g/mol. The first-order chi connectivity index (χ1) is 14.1. The van der Waals surface area contributed by atoms with Crippen molar-refractivity contribution in [3.63, 3.8) is 0 Å². The molecule has 0 saturated carbocycles. The molecule has 0 aliphatic rings. The highest BCUT2D eigenvalue weighted by Crippen LogP contribution is 2.34. The molecule has 8 heteroatoms. The zero-order valence-electron chi connectivity index (χ0n) is 15.7. The van der Waals surface area contributed by atoms with Crippen LogP contribution in [-0.4, -0.2) is 25.5 Å². The van der Waals surface area contributed by atoms with Gasteiger partial charge in [0.05, 0.1) is 15.5 Å². The maximum absolute atomic E-state index is 10.7. The van der Waals surface area contributed by atoms with Crippen LogP contribution in [0.25, 0.3) is 27.2 Å². The highest BCUT2D eigenvalue weighted by Gasteiger charge is 2.22. The molecule has 0 amide bonds. The van der Waals surface area contributed by atoms with Crippen molar-refractivity contribution < 1.29 is 9.52 Å². The summed E-state index contributed by atoms with van der Waals surface area (Å²) in [7, 11) is 0. The summed E-state index contributed by atoms with van der Waals surface area (Å²) in [6.45, 7) is 3.75. The predicted molar refractivity (Wildman–Crippen MR) is 115 cm³/mol. The second kappa shape index (κ2) is 8.07. The molecule has 144 valence electrons. The number of aryl methyl sites for hydroxylation is 1. The quantitative estimate of drug-likeness (QED) is 0.254. The summed E-state index contributed by atoms with van der Waals surface area (Å²) in [6, 6.07) is 17.5. The summed E-state index contributed by atoms with van der Waals surface area (Å²) in [5.41, 5.74) is 2.86. The zero-order chi connectivity index (χ0) is 20.4. The van der Waals surface area contributed by atoms with Gasteiger partial charge in [0.1, 0.15) is 22.4 Å². The third-order valence-corrected chi connectivity index (χ3v) is 6.32. The van der Waals surface area contributed by atoms with Gasteiger partial charge in [-0.05, 0) is 37.6 Å². The number of hydrogen-bond donors (Lipinski definition) is 1. The highest BCUT2D eigenvalue weighted by atomic mass is 32.2. The molecular formula is C21H16N4O2S2. The molecule has 0 saturated heterocycles. The van der Waals surface area contributed by atoms with E-state index in [1.54, 1.807) is 6.92 Å². The summed E-state index contributed by atoms with van der Waals surface area (Å²) in [5.74, 6) is 0.361. The Labute approximate surface area is 175 Å². The molecule has 2 heterocycles. The van der Waals surface area contributed by atoms with Crippen molar-refractivity contribution in [1.82, 2.24) is 15.2 Å². The summed E-state index contributed by atoms with van der Waals surface area (Å²) in [4.78, 5) is 4.47. The molecule has 4 aromatic rings. The van der Waals surface area contributed by atoms with Crippen LogP contribution in [0.2, 0.25) is 0 Å². The smallest absolute Gasteiger partial charge is 0.277 e. The molecule has 1 N–H and O–H groups in total. The van der Waals surface area contributed by atoms with Crippen LogP contribution in [0, 0.1) is 18.3 Å². The number of thioether (sulfide) groups is 1. The minimum Gasteiger partial charge on any atom is -0.510 e. The lowest BCUT2D eigenvalue weighted by atomic mass is 10.1. The third-order valence-electron chi connectivity index (χ3n) is 4.32. The first-order valence-corrected chi connectivity index (χ1v) is 10.5. The fraction of sp³-hybridized carbons (Fsp3) is 0.143. The van der Waals surface area contributed by atoms with Crippen LogP contribution in [0.1, 0.15) is 17.5 Å². The van der Waals surface area contributed by atoms with Crippen molar-refractivity contribution in [2.75, 3.05) is 0 Å². The molecule has 0 aliphatic heterocycles. The molecule has 2 aromatic carbocycles. The van der Waals surface area contributed by atoms with Gasteiger partial charge >= 0.3 is 0 Å². The van der Waals surface area contributed by atoms with Crippen LogP contribution in [0.4, 0.5) is 0 Å². The third kappa shape index (κ3) is 3.88. The van der Waals surface area contributed by atoms with Gasteiger partial charge in [-0.25, -0.2) is 4.98 Å². The molecule has 0 spiro atoms. The molecule has 6 nitrogen and oxygen atoms in total. The van der Waals surface area contributed by atoms with Gasteiger partial charge in [-0.3, -0.25) is 0 Å². The van der Waals surface area contributed by atoms with Crippen molar-refractivity contribution >= 4 is 38.9 Å². The van der Waals surface area contributed by atoms with Crippen LogP contribution in [0.3, 0.4) is 0 Å². The molecule has 0 fully saturated rings. The number of aliphatic hydroxyl groups excluding tert-OH is 1. The Morgan fingerprint density at radius 1 is 1.17 bits per heavy atom. The molecule has 4 rings (SSSR count). The van der Waals surface area contributed by atoms with E-state index in [4.69, 9.17) is 4.42 Å². The predicted octanol–water partition coefficient (Wildman–Crippen LogP) is 5.63. The summed E-state index contributed by atoms with van der Waals surface area (Å²) < 4.78 is 6.71. The molecule has 1 atom stereocenters. The van der Waals surface area contributed by atoms with E-state index in [0.717, 1.165) is 21.3 Å². The summed E-state index contributed by atoms with van der Waals surface area (Å²) in [6.07, 6.45) is 0. The van der Waals surface area contributed by atoms with E-state index >= 15 is 0 Å². The van der Waals surface area contributed by atoms with E-state index in [2.05, 4.69) is 21.3 Å². The number of aliphatic hydroxyl groups is 1. The Morgan fingerprint density at radius 3 is 2.69 bits per heavy atom. The maximum Gasteiger partial charge on any atom is 0.277 e. The molecule has 29 heavy (non-hydrogen) atoms. The van der Waals surface area contributed by atoms with Gasteiger partial charge in [0.15, 0.2) is 0 Å². The van der Waals surface area contributed by atoms with Crippen molar-refractivity contribution in [2.45, 2.75) is 24.3 Å². The lowest BCUT2D eigenvalue weighted by molar-refractivity contribution is 0.400. The van der Waals surface area contributed by atoms with Crippen molar-refractivity contribution in [3.05, 3.63) is 64.9 Å². The van der Waals surface area contributed by atoms with Crippen LogP contribution < -0.4 is 0 Å². The van der Waals surface area contributed by atoms with Crippen molar-refractivity contribution in [3.8, 4) is 17.5 Å². The first kappa shape index (κ1) is 19.2. The minimum atomic E-state index is -0.457.